The average Bonchev–Trinajstić information content (AvgIpc) is 2.77. The Morgan fingerprint density at radius 3 is 2.79 bits per heavy atom. The van der Waals surface area contributed by atoms with Crippen LogP contribution in [0.3, 0.4) is 0 Å². The number of carbonyl (C=O) groups is 1. The molecule has 0 unspecified atom stereocenters. The van der Waals surface area contributed by atoms with Crippen LogP contribution in [0.1, 0.15) is 23.5 Å². The summed E-state index contributed by atoms with van der Waals surface area (Å²) in [6.45, 7) is 4.37. The van der Waals surface area contributed by atoms with E-state index in [4.69, 9.17) is 9.84 Å². The van der Waals surface area contributed by atoms with Crippen LogP contribution in [0.2, 0.25) is 0 Å². The molecule has 19 heavy (non-hydrogen) atoms. The van der Waals surface area contributed by atoms with Crippen LogP contribution in [0.5, 0.6) is 0 Å². The number of hydrogen-bond donors (Lipinski definition) is 1. The number of carboxylic acids is 1. The summed E-state index contributed by atoms with van der Waals surface area (Å²) in [6, 6.07) is 1.34. The highest BCUT2D eigenvalue weighted by Crippen LogP contribution is 2.28. The molecular formula is C11H15NO5S2. The van der Waals surface area contributed by atoms with Gasteiger partial charge >= 0.3 is 5.97 Å². The summed E-state index contributed by atoms with van der Waals surface area (Å²) in [7, 11) is -3.78. The molecule has 1 N–H and O–H groups in total. The number of morpholine rings is 1. The van der Waals surface area contributed by atoms with E-state index >= 15 is 0 Å². The molecular weight excluding hydrogens is 290 g/mol. The quantitative estimate of drug-likeness (QED) is 0.908. The molecule has 0 aliphatic carbocycles. The molecule has 0 atom stereocenters. The van der Waals surface area contributed by atoms with E-state index in [2.05, 4.69) is 0 Å². The molecule has 1 aliphatic heterocycles. The van der Waals surface area contributed by atoms with Crippen molar-refractivity contribution in [2.24, 2.45) is 0 Å². The summed E-state index contributed by atoms with van der Waals surface area (Å²) in [5.41, 5.74) is -0.565. The van der Waals surface area contributed by atoms with E-state index in [9.17, 15) is 13.2 Å². The van der Waals surface area contributed by atoms with Gasteiger partial charge in [0.1, 0.15) is 9.77 Å². The first kappa shape index (κ1) is 14.4. The van der Waals surface area contributed by atoms with E-state index < -0.39 is 21.6 Å². The largest absolute Gasteiger partial charge is 0.477 e. The highest BCUT2D eigenvalue weighted by atomic mass is 32.2. The Labute approximate surface area is 115 Å². The summed E-state index contributed by atoms with van der Waals surface area (Å²) in [5.74, 6) is -1.22. The molecule has 0 saturated carbocycles. The minimum atomic E-state index is -3.78. The van der Waals surface area contributed by atoms with Gasteiger partial charge < -0.3 is 9.84 Å². The third kappa shape index (κ3) is 2.81. The van der Waals surface area contributed by atoms with E-state index in [1.807, 2.05) is 0 Å². The van der Waals surface area contributed by atoms with Crippen molar-refractivity contribution in [3.05, 3.63) is 16.3 Å². The number of ether oxygens (including phenoxy) is 1. The maximum absolute atomic E-state index is 12.5. The first-order valence-electron chi connectivity index (χ1n) is 5.69. The number of thiophene rings is 1. The molecule has 1 saturated heterocycles. The van der Waals surface area contributed by atoms with Gasteiger partial charge in [0.25, 0.3) is 0 Å². The Bertz CT molecular complexity index is 590. The van der Waals surface area contributed by atoms with Gasteiger partial charge in [-0.25, -0.2) is 13.2 Å². The molecule has 0 spiro atoms. The van der Waals surface area contributed by atoms with Crippen molar-refractivity contribution in [1.29, 1.82) is 0 Å². The maximum Gasteiger partial charge on any atom is 0.347 e. The van der Waals surface area contributed by atoms with Crippen molar-refractivity contribution < 1.29 is 23.1 Å². The molecule has 1 aromatic heterocycles. The summed E-state index contributed by atoms with van der Waals surface area (Å²) in [4.78, 5) is 10.8. The molecule has 0 amide bonds. The predicted molar refractivity (Wildman–Crippen MR) is 70.1 cm³/mol. The standard InChI is InChI=1S/C11H15NO5S2/c1-11(2)7-12(4-5-17-11)19(15,16)8-3-6-18-9(8)10(13)14/h3,6H,4-5,7H2,1-2H3,(H,13,14). The van der Waals surface area contributed by atoms with Crippen LogP contribution < -0.4 is 0 Å². The Balaban J connectivity index is 2.37. The number of nitrogens with zero attached hydrogens (tertiary/aromatic N) is 1. The number of sulfonamides is 1. The van der Waals surface area contributed by atoms with Gasteiger partial charge in [-0.2, -0.15) is 4.31 Å². The van der Waals surface area contributed by atoms with Gasteiger partial charge in [-0.1, -0.05) is 0 Å². The van der Waals surface area contributed by atoms with Crippen molar-refractivity contribution in [3.63, 3.8) is 0 Å². The third-order valence-corrected chi connectivity index (χ3v) is 5.75. The van der Waals surface area contributed by atoms with Crippen molar-refractivity contribution >= 4 is 27.3 Å². The zero-order chi connectivity index (χ0) is 14.3. The fraction of sp³-hybridized carbons (Fsp3) is 0.545. The summed E-state index contributed by atoms with van der Waals surface area (Å²) in [6.07, 6.45) is 0. The van der Waals surface area contributed by atoms with Crippen molar-refractivity contribution in [2.45, 2.75) is 24.3 Å². The average molecular weight is 305 g/mol. The third-order valence-electron chi connectivity index (χ3n) is 2.83. The van der Waals surface area contributed by atoms with Gasteiger partial charge in [-0.3, -0.25) is 0 Å². The number of aromatic carboxylic acids is 1. The van der Waals surface area contributed by atoms with Gasteiger partial charge in [0, 0.05) is 13.1 Å². The number of carboxylic acid groups (broad SMARTS) is 1. The van der Waals surface area contributed by atoms with Gasteiger partial charge in [-0.05, 0) is 25.3 Å². The summed E-state index contributed by atoms with van der Waals surface area (Å²) >= 11 is 0.912. The minimum Gasteiger partial charge on any atom is -0.477 e. The van der Waals surface area contributed by atoms with Crippen LogP contribution in [0, 0.1) is 0 Å². The molecule has 106 valence electrons. The molecule has 8 heteroatoms. The van der Waals surface area contributed by atoms with Crippen molar-refractivity contribution in [2.75, 3.05) is 19.7 Å². The van der Waals surface area contributed by atoms with Gasteiger partial charge in [0.2, 0.25) is 10.0 Å². The smallest absolute Gasteiger partial charge is 0.347 e. The van der Waals surface area contributed by atoms with Crippen LogP contribution in [0.4, 0.5) is 0 Å². The Morgan fingerprint density at radius 1 is 1.53 bits per heavy atom. The van der Waals surface area contributed by atoms with Crippen molar-refractivity contribution in [1.82, 2.24) is 4.31 Å². The van der Waals surface area contributed by atoms with E-state index in [0.717, 1.165) is 11.3 Å². The number of rotatable bonds is 3. The monoisotopic (exact) mass is 305 g/mol. The fourth-order valence-electron chi connectivity index (χ4n) is 1.97. The zero-order valence-electron chi connectivity index (χ0n) is 10.6. The van der Waals surface area contributed by atoms with Crippen LogP contribution in [-0.4, -0.2) is 49.1 Å². The normalized spacial score (nSPS) is 20.3. The second-order valence-corrected chi connectivity index (χ2v) is 7.69. The topological polar surface area (TPSA) is 83.9 Å². The Morgan fingerprint density at radius 2 is 2.21 bits per heavy atom. The first-order valence-corrected chi connectivity index (χ1v) is 8.01. The fourth-order valence-corrected chi connectivity index (χ4v) is 4.78. The Hall–Kier alpha value is -0.960. The molecule has 0 aromatic carbocycles. The molecule has 0 bridgehead atoms. The van der Waals surface area contributed by atoms with Gasteiger partial charge in [-0.15, -0.1) is 11.3 Å². The number of hydrogen-bond acceptors (Lipinski definition) is 5. The van der Waals surface area contributed by atoms with Crippen LogP contribution in [0.25, 0.3) is 0 Å². The second kappa shape index (κ2) is 4.86. The molecule has 2 rings (SSSR count). The van der Waals surface area contributed by atoms with E-state index in [1.54, 1.807) is 13.8 Å². The first-order chi connectivity index (χ1) is 8.74. The molecule has 1 fully saturated rings. The SMILES string of the molecule is CC1(C)CN(S(=O)(=O)c2ccsc2C(=O)O)CCO1. The molecule has 0 radical (unpaired) electrons. The maximum atomic E-state index is 12.5. The van der Waals surface area contributed by atoms with E-state index in [1.165, 1.54) is 15.8 Å². The van der Waals surface area contributed by atoms with E-state index in [-0.39, 0.29) is 22.9 Å². The lowest BCUT2D eigenvalue weighted by Gasteiger charge is -2.37. The molecule has 1 aliphatic rings. The zero-order valence-corrected chi connectivity index (χ0v) is 12.3. The van der Waals surface area contributed by atoms with E-state index in [0.29, 0.717) is 6.61 Å². The lowest BCUT2D eigenvalue weighted by atomic mass is 10.1. The minimum absolute atomic E-state index is 0.136. The summed E-state index contributed by atoms with van der Waals surface area (Å²) in [5, 5.41) is 10.5. The second-order valence-electron chi connectivity index (χ2n) is 4.87. The Kier molecular flexibility index (Phi) is 3.69. The molecule has 2 heterocycles. The predicted octanol–water partition coefficient (Wildman–Crippen LogP) is 1.25. The molecule has 1 aromatic rings. The van der Waals surface area contributed by atoms with Crippen LogP contribution in [-0.2, 0) is 14.8 Å². The molecule has 6 nitrogen and oxygen atoms in total. The van der Waals surface area contributed by atoms with Crippen LogP contribution >= 0.6 is 11.3 Å². The lowest BCUT2D eigenvalue weighted by Crippen LogP contribution is -2.50. The highest BCUT2D eigenvalue weighted by Gasteiger charge is 2.37. The van der Waals surface area contributed by atoms with Gasteiger partial charge in [0.15, 0.2) is 0 Å². The van der Waals surface area contributed by atoms with Gasteiger partial charge in [0.05, 0.1) is 12.2 Å². The van der Waals surface area contributed by atoms with Crippen LogP contribution in [0.15, 0.2) is 16.3 Å². The summed E-state index contributed by atoms with van der Waals surface area (Å²) < 4.78 is 31.7. The van der Waals surface area contributed by atoms with Crippen molar-refractivity contribution in [3.8, 4) is 0 Å². The lowest BCUT2D eigenvalue weighted by molar-refractivity contribution is -0.0640. The highest BCUT2D eigenvalue weighted by molar-refractivity contribution is 7.89.